The van der Waals surface area contributed by atoms with Gasteiger partial charge in [0.2, 0.25) is 9.84 Å². The van der Waals surface area contributed by atoms with Gasteiger partial charge < -0.3 is 9.47 Å². The highest BCUT2D eigenvalue weighted by molar-refractivity contribution is 7.91. The third-order valence-corrected chi connectivity index (χ3v) is 6.77. The molecule has 0 radical (unpaired) electrons. The number of sulfone groups is 1. The lowest BCUT2D eigenvalue weighted by molar-refractivity contribution is 0.0725. The first-order chi connectivity index (χ1) is 16.3. The molecule has 0 spiro atoms. The van der Waals surface area contributed by atoms with Crippen molar-refractivity contribution in [3.63, 3.8) is 0 Å². The molecular weight excluding hydrogens is 452 g/mol. The van der Waals surface area contributed by atoms with Gasteiger partial charge in [0, 0.05) is 0 Å². The average Bonchev–Trinajstić information content (AvgIpc) is 2.85. The molecule has 0 amide bonds. The summed E-state index contributed by atoms with van der Waals surface area (Å²) in [7, 11) is -3.82. The lowest BCUT2D eigenvalue weighted by atomic mass is 10.1. The van der Waals surface area contributed by atoms with Gasteiger partial charge >= 0.3 is 11.9 Å². The van der Waals surface area contributed by atoms with Crippen molar-refractivity contribution in [3.05, 3.63) is 120 Å². The molecule has 0 aromatic heterocycles. The summed E-state index contributed by atoms with van der Waals surface area (Å²) < 4.78 is 36.5. The normalized spacial score (nSPS) is 11.0. The number of hydrogen-bond acceptors (Lipinski definition) is 6. The standard InChI is InChI=1S/C27H20O6S/c1-19-7-9-21(10-8-19)27(29)33-23-13-17-25(18-14-23)34(30,31)24-15-11-22(12-16-24)32-26(28)20-5-3-2-4-6-20/h2-18H,1H3. The fraction of sp³-hybridized carbons (Fsp3) is 0.0370. The van der Waals surface area contributed by atoms with Gasteiger partial charge in [-0.15, -0.1) is 0 Å². The van der Waals surface area contributed by atoms with Crippen LogP contribution in [0.1, 0.15) is 26.3 Å². The van der Waals surface area contributed by atoms with Gasteiger partial charge in [0.1, 0.15) is 11.5 Å². The summed E-state index contributed by atoms with van der Waals surface area (Å²) in [5.74, 6) is -0.609. The van der Waals surface area contributed by atoms with Gasteiger partial charge in [0.25, 0.3) is 0 Å². The number of carbonyl (C=O) groups is 2. The highest BCUT2D eigenvalue weighted by Gasteiger charge is 2.19. The van der Waals surface area contributed by atoms with Crippen LogP contribution in [0, 0.1) is 6.92 Å². The van der Waals surface area contributed by atoms with E-state index in [1.807, 2.05) is 6.92 Å². The molecular formula is C27H20O6S. The summed E-state index contributed by atoms with van der Waals surface area (Å²) in [5.41, 5.74) is 1.81. The van der Waals surface area contributed by atoms with Crippen LogP contribution in [0.25, 0.3) is 0 Å². The minimum Gasteiger partial charge on any atom is -0.423 e. The zero-order valence-corrected chi connectivity index (χ0v) is 19.0. The van der Waals surface area contributed by atoms with E-state index in [4.69, 9.17) is 9.47 Å². The van der Waals surface area contributed by atoms with Crippen LogP contribution in [0.3, 0.4) is 0 Å². The topological polar surface area (TPSA) is 86.7 Å². The Morgan fingerprint density at radius 1 is 0.559 bits per heavy atom. The van der Waals surface area contributed by atoms with Gasteiger partial charge in [-0.25, -0.2) is 18.0 Å². The number of ether oxygens (including phenoxy) is 2. The molecule has 4 rings (SSSR count). The van der Waals surface area contributed by atoms with Crippen LogP contribution in [0.2, 0.25) is 0 Å². The lowest BCUT2D eigenvalue weighted by Crippen LogP contribution is -2.09. The minimum atomic E-state index is -3.82. The highest BCUT2D eigenvalue weighted by Crippen LogP contribution is 2.25. The van der Waals surface area contributed by atoms with Crippen LogP contribution in [-0.4, -0.2) is 20.4 Å². The maximum Gasteiger partial charge on any atom is 0.343 e. The van der Waals surface area contributed by atoms with Crippen LogP contribution in [0.4, 0.5) is 0 Å². The van der Waals surface area contributed by atoms with Gasteiger partial charge in [-0.2, -0.15) is 0 Å². The smallest absolute Gasteiger partial charge is 0.343 e. The summed E-state index contributed by atoms with van der Waals surface area (Å²) in [6, 6.07) is 26.6. The summed E-state index contributed by atoms with van der Waals surface area (Å²) >= 11 is 0. The molecule has 0 bridgehead atoms. The van der Waals surface area contributed by atoms with E-state index >= 15 is 0 Å². The largest absolute Gasteiger partial charge is 0.423 e. The number of carbonyl (C=O) groups excluding carboxylic acids is 2. The predicted octanol–water partition coefficient (Wildman–Crippen LogP) is 5.27. The van der Waals surface area contributed by atoms with Crippen molar-refractivity contribution < 1.29 is 27.5 Å². The summed E-state index contributed by atoms with van der Waals surface area (Å²) in [6.45, 7) is 1.92. The molecule has 0 aliphatic rings. The zero-order valence-electron chi connectivity index (χ0n) is 18.2. The van der Waals surface area contributed by atoms with Crippen molar-refractivity contribution >= 4 is 21.8 Å². The molecule has 0 heterocycles. The molecule has 4 aromatic carbocycles. The Bertz CT molecular complexity index is 1410. The summed E-state index contributed by atoms with van der Waals surface area (Å²) in [5, 5.41) is 0. The Morgan fingerprint density at radius 2 is 0.971 bits per heavy atom. The van der Waals surface area contributed by atoms with Crippen LogP contribution in [-0.2, 0) is 9.84 Å². The van der Waals surface area contributed by atoms with Crippen molar-refractivity contribution in [1.82, 2.24) is 0 Å². The van der Waals surface area contributed by atoms with Crippen molar-refractivity contribution in [3.8, 4) is 11.5 Å². The maximum absolute atomic E-state index is 13.0. The zero-order chi connectivity index (χ0) is 24.1. The second-order valence-electron chi connectivity index (χ2n) is 7.46. The average molecular weight is 473 g/mol. The maximum atomic E-state index is 13.0. The van der Waals surface area contributed by atoms with E-state index < -0.39 is 21.8 Å². The molecule has 170 valence electrons. The fourth-order valence-electron chi connectivity index (χ4n) is 3.11. The number of aryl methyl sites for hydroxylation is 1. The van der Waals surface area contributed by atoms with E-state index in [9.17, 15) is 18.0 Å². The second kappa shape index (κ2) is 9.72. The quantitative estimate of drug-likeness (QED) is 0.281. The van der Waals surface area contributed by atoms with Crippen LogP contribution in [0.15, 0.2) is 113 Å². The molecule has 0 fully saturated rings. The van der Waals surface area contributed by atoms with E-state index in [-0.39, 0.29) is 21.3 Å². The van der Waals surface area contributed by atoms with Gasteiger partial charge in [0.15, 0.2) is 0 Å². The summed E-state index contributed by atoms with van der Waals surface area (Å²) in [6.07, 6.45) is 0. The Hall–Kier alpha value is -4.23. The third-order valence-electron chi connectivity index (χ3n) is 4.99. The number of rotatable bonds is 6. The van der Waals surface area contributed by atoms with E-state index in [2.05, 4.69) is 0 Å². The molecule has 0 aliphatic carbocycles. The third kappa shape index (κ3) is 5.22. The molecule has 4 aromatic rings. The molecule has 34 heavy (non-hydrogen) atoms. The van der Waals surface area contributed by atoms with Crippen molar-refractivity contribution in [1.29, 1.82) is 0 Å². The highest BCUT2D eigenvalue weighted by atomic mass is 32.2. The second-order valence-corrected chi connectivity index (χ2v) is 9.41. The van der Waals surface area contributed by atoms with Crippen LogP contribution >= 0.6 is 0 Å². The first kappa shape index (κ1) is 22.9. The Morgan fingerprint density at radius 3 is 1.41 bits per heavy atom. The monoisotopic (exact) mass is 472 g/mol. The molecule has 0 N–H and O–H groups in total. The van der Waals surface area contributed by atoms with Crippen LogP contribution in [0.5, 0.6) is 11.5 Å². The van der Waals surface area contributed by atoms with E-state index in [1.165, 1.54) is 48.5 Å². The van der Waals surface area contributed by atoms with Gasteiger partial charge in [-0.1, -0.05) is 35.9 Å². The number of benzene rings is 4. The number of hydrogen-bond donors (Lipinski definition) is 0. The minimum absolute atomic E-state index is 0.0383. The van der Waals surface area contributed by atoms with Crippen molar-refractivity contribution in [2.45, 2.75) is 16.7 Å². The fourth-order valence-corrected chi connectivity index (χ4v) is 4.37. The predicted molar refractivity (Wildman–Crippen MR) is 126 cm³/mol. The Balaban J connectivity index is 1.44. The van der Waals surface area contributed by atoms with E-state index in [0.29, 0.717) is 11.1 Å². The lowest BCUT2D eigenvalue weighted by Gasteiger charge is -2.08. The van der Waals surface area contributed by atoms with Gasteiger partial charge in [-0.3, -0.25) is 0 Å². The van der Waals surface area contributed by atoms with Gasteiger partial charge in [-0.05, 0) is 79.7 Å². The molecule has 7 heteroatoms. The summed E-state index contributed by atoms with van der Waals surface area (Å²) in [4.78, 5) is 24.5. The first-order valence-corrected chi connectivity index (χ1v) is 11.8. The van der Waals surface area contributed by atoms with Crippen molar-refractivity contribution in [2.24, 2.45) is 0 Å². The van der Waals surface area contributed by atoms with Crippen molar-refractivity contribution in [2.75, 3.05) is 0 Å². The molecule has 0 unspecified atom stereocenters. The van der Waals surface area contributed by atoms with E-state index in [0.717, 1.165) is 5.56 Å². The van der Waals surface area contributed by atoms with Gasteiger partial charge in [0.05, 0.1) is 20.9 Å². The Kier molecular flexibility index (Phi) is 6.56. The molecule has 0 atom stereocenters. The molecule has 6 nitrogen and oxygen atoms in total. The SMILES string of the molecule is Cc1ccc(C(=O)Oc2ccc(S(=O)(=O)c3ccc(OC(=O)c4ccccc4)cc3)cc2)cc1. The molecule has 0 saturated heterocycles. The Labute approximate surface area is 197 Å². The van der Waals surface area contributed by atoms with E-state index in [1.54, 1.807) is 54.6 Å². The molecule has 0 saturated carbocycles. The first-order valence-electron chi connectivity index (χ1n) is 10.3. The molecule has 0 aliphatic heterocycles. The van der Waals surface area contributed by atoms with Crippen LogP contribution < -0.4 is 9.47 Å². The number of esters is 2.